The third-order valence-electron chi connectivity index (χ3n) is 5.99. The van der Waals surface area contributed by atoms with Gasteiger partial charge in [0.2, 0.25) is 11.8 Å². The topological polar surface area (TPSA) is 150 Å². The predicted molar refractivity (Wildman–Crippen MR) is 135 cm³/mol. The number of anilines is 1. The number of amides is 4. The van der Waals surface area contributed by atoms with Crippen molar-refractivity contribution in [3.05, 3.63) is 29.3 Å². The van der Waals surface area contributed by atoms with Gasteiger partial charge in [-0.15, -0.1) is 0 Å². The lowest BCUT2D eigenvalue weighted by molar-refractivity contribution is -0.145. The molecule has 0 aliphatic carbocycles. The maximum absolute atomic E-state index is 13.1. The van der Waals surface area contributed by atoms with Gasteiger partial charge in [-0.2, -0.15) is 0 Å². The largest absolute Gasteiger partial charge is 0.466 e. The number of carbonyl (C=O) groups is 5. The molecule has 1 saturated heterocycles. The molecule has 1 aromatic rings. The second-order valence-electron chi connectivity index (χ2n) is 8.76. The molecule has 12 nitrogen and oxygen atoms in total. The Morgan fingerprint density at radius 2 is 1.68 bits per heavy atom. The molecular weight excluding hydrogens is 498 g/mol. The van der Waals surface area contributed by atoms with Crippen molar-refractivity contribution >= 4 is 35.3 Å². The van der Waals surface area contributed by atoms with Gasteiger partial charge in [-0.3, -0.25) is 34.2 Å². The quantitative estimate of drug-likeness (QED) is 0.170. The first-order chi connectivity index (χ1) is 18.4. The van der Waals surface area contributed by atoms with Gasteiger partial charge in [-0.05, 0) is 25.0 Å². The Bertz CT molecular complexity index is 1010. The second-order valence-corrected chi connectivity index (χ2v) is 8.76. The molecule has 1 fully saturated rings. The zero-order valence-corrected chi connectivity index (χ0v) is 21.6. The standard InChI is InChI=1S/C26H35N3O9/c1-2-3-11-38-22(31)9-12-35-14-16-37-17-15-36-13-10-27-19-6-4-5-18-23(19)26(34)29(25(18)33)20-7-8-21(30)28-24(20)32/h4-6,20,27H,2-3,7-17H2,1H3,(H,28,30,32). The summed E-state index contributed by atoms with van der Waals surface area (Å²) in [6.07, 6.45) is 2.23. The van der Waals surface area contributed by atoms with Crippen LogP contribution in [0.5, 0.6) is 0 Å². The lowest BCUT2D eigenvalue weighted by Crippen LogP contribution is -2.54. The van der Waals surface area contributed by atoms with E-state index in [2.05, 4.69) is 10.6 Å². The van der Waals surface area contributed by atoms with Gasteiger partial charge in [0.1, 0.15) is 6.04 Å². The molecule has 2 aliphatic heterocycles. The van der Waals surface area contributed by atoms with Crippen molar-refractivity contribution < 1.29 is 42.9 Å². The zero-order chi connectivity index (χ0) is 27.3. The van der Waals surface area contributed by atoms with Crippen molar-refractivity contribution in [1.82, 2.24) is 10.2 Å². The molecule has 2 aliphatic rings. The summed E-state index contributed by atoms with van der Waals surface area (Å²) < 4.78 is 21.3. The summed E-state index contributed by atoms with van der Waals surface area (Å²) in [5.41, 5.74) is 0.899. The molecular formula is C26H35N3O9. The summed E-state index contributed by atoms with van der Waals surface area (Å²) in [4.78, 5) is 62.0. The number of imide groups is 2. The number of nitrogens with one attached hydrogen (secondary N) is 2. The van der Waals surface area contributed by atoms with Crippen LogP contribution in [0.3, 0.4) is 0 Å². The van der Waals surface area contributed by atoms with Crippen LogP contribution in [-0.4, -0.2) is 93.3 Å². The first-order valence-corrected chi connectivity index (χ1v) is 12.9. The number of nitrogens with zero attached hydrogens (tertiary/aromatic N) is 1. The van der Waals surface area contributed by atoms with Crippen LogP contribution in [0, 0.1) is 0 Å². The summed E-state index contributed by atoms with van der Waals surface area (Å²) in [5.74, 6) is -2.43. The van der Waals surface area contributed by atoms with E-state index in [4.69, 9.17) is 18.9 Å². The van der Waals surface area contributed by atoms with E-state index in [9.17, 15) is 24.0 Å². The molecule has 208 valence electrons. The minimum Gasteiger partial charge on any atom is -0.466 e. The Hall–Kier alpha value is -3.35. The molecule has 12 heteroatoms. The van der Waals surface area contributed by atoms with Gasteiger partial charge in [-0.1, -0.05) is 19.4 Å². The molecule has 0 saturated carbocycles. The number of hydrogen-bond donors (Lipinski definition) is 2. The van der Waals surface area contributed by atoms with Gasteiger partial charge in [0.05, 0.1) is 63.8 Å². The minimum atomic E-state index is -1.01. The van der Waals surface area contributed by atoms with E-state index >= 15 is 0 Å². The minimum absolute atomic E-state index is 0.0681. The Kier molecular flexibility index (Phi) is 11.7. The van der Waals surface area contributed by atoms with E-state index in [1.54, 1.807) is 18.2 Å². The van der Waals surface area contributed by atoms with E-state index < -0.39 is 29.7 Å². The van der Waals surface area contributed by atoms with E-state index in [0.717, 1.165) is 17.7 Å². The third kappa shape index (κ3) is 8.07. The lowest BCUT2D eigenvalue weighted by Gasteiger charge is -2.27. The van der Waals surface area contributed by atoms with Crippen LogP contribution in [0.1, 0.15) is 59.7 Å². The fourth-order valence-electron chi connectivity index (χ4n) is 4.02. The van der Waals surface area contributed by atoms with Crippen LogP contribution in [0.4, 0.5) is 5.69 Å². The number of piperidine rings is 1. The van der Waals surface area contributed by atoms with E-state index in [-0.39, 0.29) is 36.4 Å². The number of fused-ring (bicyclic) bond motifs is 1. The Labute approximate surface area is 221 Å². The lowest BCUT2D eigenvalue weighted by atomic mass is 10.0. The number of rotatable bonds is 17. The van der Waals surface area contributed by atoms with Crippen LogP contribution in [0.2, 0.25) is 0 Å². The number of ether oxygens (including phenoxy) is 4. The molecule has 38 heavy (non-hydrogen) atoms. The van der Waals surface area contributed by atoms with Crippen molar-refractivity contribution in [2.75, 3.05) is 58.1 Å². The van der Waals surface area contributed by atoms with Crippen LogP contribution in [0.15, 0.2) is 18.2 Å². The first kappa shape index (κ1) is 29.2. The predicted octanol–water partition coefficient (Wildman–Crippen LogP) is 1.28. The molecule has 2 heterocycles. The summed E-state index contributed by atoms with van der Waals surface area (Å²) in [6, 6.07) is 3.88. The van der Waals surface area contributed by atoms with Gasteiger partial charge in [0, 0.05) is 18.7 Å². The summed E-state index contributed by atoms with van der Waals surface area (Å²) >= 11 is 0. The molecule has 1 aromatic carbocycles. The molecule has 3 rings (SSSR count). The fraction of sp³-hybridized carbons (Fsp3) is 0.577. The van der Waals surface area contributed by atoms with Crippen molar-refractivity contribution in [2.45, 2.75) is 45.1 Å². The van der Waals surface area contributed by atoms with Gasteiger partial charge < -0.3 is 24.3 Å². The monoisotopic (exact) mass is 533 g/mol. The summed E-state index contributed by atoms with van der Waals surface area (Å²) in [6.45, 7) is 4.96. The molecule has 2 N–H and O–H groups in total. The number of carbonyl (C=O) groups excluding carboxylic acids is 5. The van der Waals surface area contributed by atoms with Crippen molar-refractivity contribution in [1.29, 1.82) is 0 Å². The van der Waals surface area contributed by atoms with Crippen molar-refractivity contribution in [2.24, 2.45) is 0 Å². The highest BCUT2D eigenvalue weighted by Crippen LogP contribution is 2.32. The van der Waals surface area contributed by atoms with E-state index in [0.29, 0.717) is 58.5 Å². The number of benzene rings is 1. The van der Waals surface area contributed by atoms with Crippen LogP contribution < -0.4 is 10.6 Å². The highest BCUT2D eigenvalue weighted by Gasteiger charge is 2.45. The second kappa shape index (κ2) is 15.2. The molecule has 4 amide bonds. The molecule has 1 unspecified atom stereocenters. The average molecular weight is 534 g/mol. The Morgan fingerprint density at radius 3 is 2.39 bits per heavy atom. The highest BCUT2D eigenvalue weighted by molar-refractivity contribution is 6.25. The van der Waals surface area contributed by atoms with Gasteiger partial charge in [0.15, 0.2) is 0 Å². The Balaban J connectivity index is 1.29. The molecule has 0 radical (unpaired) electrons. The molecule has 0 aromatic heterocycles. The maximum atomic E-state index is 13.1. The Morgan fingerprint density at radius 1 is 0.974 bits per heavy atom. The SMILES string of the molecule is CCCCOC(=O)CCOCCOCCOCCNc1cccc2c1C(=O)N(C1CCC(=O)NC1=O)C2=O. The molecule has 0 spiro atoms. The van der Waals surface area contributed by atoms with E-state index in [1.807, 2.05) is 6.92 Å². The van der Waals surface area contributed by atoms with Crippen molar-refractivity contribution in [3.63, 3.8) is 0 Å². The molecule has 1 atom stereocenters. The first-order valence-electron chi connectivity index (χ1n) is 12.9. The van der Waals surface area contributed by atoms with Crippen LogP contribution >= 0.6 is 0 Å². The highest BCUT2D eigenvalue weighted by atomic mass is 16.5. The maximum Gasteiger partial charge on any atom is 0.308 e. The smallest absolute Gasteiger partial charge is 0.308 e. The number of unbranched alkanes of at least 4 members (excludes halogenated alkanes) is 1. The van der Waals surface area contributed by atoms with Crippen LogP contribution in [0.25, 0.3) is 0 Å². The molecule has 0 bridgehead atoms. The van der Waals surface area contributed by atoms with Gasteiger partial charge >= 0.3 is 5.97 Å². The zero-order valence-electron chi connectivity index (χ0n) is 21.6. The number of esters is 1. The van der Waals surface area contributed by atoms with Gasteiger partial charge in [-0.25, -0.2) is 0 Å². The average Bonchev–Trinajstić information content (AvgIpc) is 3.15. The van der Waals surface area contributed by atoms with Crippen molar-refractivity contribution in [3.8, 4) is 0 Å². The van der Waals surface area contributed by atoms with E-state index in [1.165, 1.54) is 0 Å². The number of hydrogen-bond acceptors (Lipinski definition) is 10. The third-order valence-corrected chi connectivity index (χ3v) is 5.99. The summed E-state index contributed by atoms with van der Waals surface area (Å²) in [7, 11) is 0. The van der Waals surface area contributed by atoms with Crippen LogP contribution in [-0.2, 0) is 33.3 Å². The van der Waals surface area contributed by atoms with Gasteiger partial charge in [0.25, 0.3) is 11.8 Å². The fourth-order valence-corrected chi connectivity index (χ4v) is 4.02. The summed E-state index contributed by atoms with van der Waals surface area (Å²) in [5, 5.41) is 5.30. The normalized spacial score (nSPS) is 17.0.